The predicted octanol–water partition coefficient (Wildman–Crippen LogP) is 5.00. The molecule has 2 aromatic carbocycles. The number of carbonyl (C=O) groups is 3. The number of likely N-dealkylation sites (tertiary alicyclic amines) is 1. The first-order valence-electron chi connectivity index (χ1n) is 12.8. The van der Waals surface area contributed by atoms with E-state index in [2.05, 4.69) is 5.32 Å². The lowest BCUT2D eigenvalue weighted by Gasteiger charge is -2.31. The molecule has 208 valence electrons. The number of hydrogen-bond donors (Lipinski definition) is 1. The van der Waals surface area contributed by atoms with Gasteiger partial charge in [-0.25, -0.2) is 0 Å². The molecule has 4 rings (SSSR count). The van der Waals surface area contributed by atoms with Crippen molar-refractivity contribution >= 4 is 17.8 Å². The van der Waals surface area contributed by atoms with Gasteiger partial charge in [0, 0.05) is 18.7 Å². The number of halogens is 3. The molecule has 0 saturated carbocycles. The van der Waals surface area contributed by atoms with E-state index >= 15 is 0 Å². The van der Waals surface area contributed by atoms with Crippen molar-refractivity contribution < 1.29 is 37.0 Å². The van der Waals surface area contributed by atoms with Crippen LogP contribution in [0.5, 0.6) is 5.75 Å². The van der Waals surface area contributed by atoms with Crippen LogP contribution in [0, 0.1) is 11.3 Å². The van der Waals surface area contributed by atoms with Crippen LogP contribution < -0.4 is 10.1 Å². The number of alkyl halides is 3. The molecule has 1 saturated heterocycles. The number of allylic oxidation sites excluding steroid dienone is 1. The molecule has 2 aliphatic rings. The highest BCUT2D eigenvalue weighted by Gasteiger charge is 2.61. The summed E-state index contributed by atoms with van der Waals surface area (Å²) in [6, 6.07) is 11.9. The number of rotatable bonds is 8. The van der Waals surface area contributed by atoms with E-state index in [4.69, 9.17) is 9.47 Å². The molecule has 10 heteroatoms. The SMILES string of the molecule is COC(=O)[C@]12CCCCC=C1N(Cc1ccc(OC)cc1)C(=O)[C@@H]2CC(=O)NCc1cccc(C(F)(F)F)c1. The lowest BCUT2D eigenvalue weighted by molar-refractivity contribution is -0.155. The van der Waals surface area contributed by atoms with Crippen LogP contribution in [0.1, 0.15) is 48.8 Å². The molecule has 2 aromatic rings. The minimum atomic E-state index is -4.50. The third-order valence-corrected chi connectivity index (χ3v) is 7.45. The van der Waals surface area contributed by atoms with Crippen molar-refractivity contribution in [2.75, 3.05) is 14.2 Å². The maximum Gasteiger partial charge on any atom is 0.416 e. The first-order valence-corrected chi connectivity index (χ1v) is 12.8. The second-order valence-electron chi connectivity index (χ2n) is 9.80. The van der Waals surface area contributed by atoms with Crippen molar-refractivity contribution in [1.29, 1.82) is 0 Å². The normalized spacial score (nSPS) is 21.1. The Balaban J connectivity index is 1.59. The molecule has 1 heterocycles. The molecule has 1 aliphatic carbocycles. The van der Waals surface area contributed by atoms with Crippen LogP contribution in [0.15, 0.2) is 60.3 Å². The fraction of sp³-hybridized carbons (Fsp3) is 0.414. The molecule has 1 N–H and O–H groups in total. The summed E-state index contributed by atoms with van der Waals surface area (Å²) in [5.74, 6) is -1.81. The molecule has 0 unspecified atom stereocenters. The van der Waals surface area contributed by atoms with Crippen LogP contribution in [0.4, 0.5) is 13.2 Å². The van der Waals surface area contributed by atoms with E-state index < -0.39 is 34.9 Å². The van der Waals surface area contributed by atoms with Gasteiger partial charge in [0.15, 0.2) is 0 Å². The maximum atomic E-state index is 13.8. The number of nitrogens with one attached hydrogen (secondary N) is 1. The van der Waals surface area contributed by atoms with Crippen molar-refractivity contribution in [2.45, 2.75) is 51.4 Å². The Hall–Kier alpha value is -3.82. The van der Waals surface area contributed by atoms with Gasteiger partial charge >= 0.3 is 12.1 Å². The van der Waals surface area contributed by atoms with Crippen LogP contribution >= 0.6 is 0 Å². The molecule has 1 aliphatic heterocycles. The zero-order valence-electron chi connectivity index (χ0n) is 21.8. The third kappa shape index (κ3) is 5.79. The molecular weight excluding hydrogens is 513 g/mol. The second-order valence-corrected chi connectivity index (χ2v) is 9.80. The number of methoxy groups -OCH3 is 2. The van der Waals surface area contributed by atoms with Gasteiger partial charge in [-0.1, -0.05) is 36.8 Å². The smallest absolute Gasteiger partial charge is 0.416 e. The fourth-order valence-corrected chi connectivity index (χ4v) is 5.50. The summed E-state index contributed by atoms with van der Waals surface area (Å²) < 4.78 is 49.6. The Morgan fingerprint density at radius 1 is 1.08 bits per heavy atom. The number of esters is 1. The van der Waals surface area contributed by atoms with E-state index in [1.807, 2.05) is 18.2 Å². The average molecular weight is 545 g/mol. The first kappa shape index (κ1) is 28.2. The highest BCUT2D eigenvalue weighted by molar-refractivity contribution is 5.98. The van der Waals surface area contributed by atoms with E-state index in [9.17, 15) is 27.6 Å². The van der Waals surface area contributed by atoms with E-state index in [1.54, 1.807) is 24.1 Å². The number of nitrogens with zero attached hydrogens (tertiary/aromatic N) is 1. The molecular formula is C29H31F3N2O5. The lowest BCUT2D eigenvalue weighted by atomic mass is 9.71. The number of benzene rings is 2. The Kier molecular flexibility index (Phi) is 8.32. The summed E-state index contributed by atoms with van der Waals surface area (Å²) in [4.78, 5) is 41.8. The molecule has 39 heavy (non-hydrogen) atoms. The maximum absolute atomic E-state index is 13.8. The molecule has 1 fully saturated rings. The highest BCUT2D eigenvalue weighted by atomic mass is 19.4. The molecule has 2 amide bonds. The zero-order valence-corrected chi connectivity index (χ0v) is 21.8. The van der Waals surface area contributed by atoms with Crippen LogP contribution in [0.25, 0.3) is 0 Å². The van der Waals surface area contributed by atoms with Crippen molar-refractivity contribution in [1.82, 2.24) is 10.2 Å². The summed E-state index contributed by atoms with van der Waals surface area (Å²) >= 11 is 0. The van der Waals surface area contributed by atoms with E-state index in [-0.39, 0.29) is 31.0 Å². The molecule has 0 spiro atoms. The predicted molar refractivity (Wildman–Crippen MR) is 136 cm³/mol. The monoisotopic (exact) mass is 544 g/mol. The standard InChI is InChI=1S/C29H31F3N2O5/c1-38-22-12-10-19(11-13-22)18-34-24-9-4-3-5-14-28(24,27(37)39-2)23(26(34)36)16-25(35)33-17-20-7-6-8-21(15-20)29(30,31)32/h6-13,15,23H,3-5,14,16-18H2,1-2H3,(H,33,35)/t23-,28-/m0/s1. The molecule has 0 aromatic heterocycles. The summed E-state index contributed by atoms with van der Waals surface area (Å²) in [7, 11) is 2.82. The van der Waals surface area contributed by atoms with Crippen molar-refractivity contribution in [3.05, 3.63) is 77.0 Å². The van der Waals surface area contributed by atoms with Gasteiger partial charge in [0.25, 0.3) is 0 Å². The topological polar surface area (TPSA) is 84.9 Å². The Labute approximate surface area is 225 Å². The summed E-state index contributed by atoms with van der Waals surface area (Å²) in [5.41, 5.74) is -0.490. The zero-order chi connectivity index (χ0) is 28.2. The number of fused-ring (bicyclic) bond motifs is 1. The van der Waals surface area contributed by atoms with Crippen LogP contribution in [0.2, 0.25) is 0 Å². The minimum Gasteiger partial charge on any atom is -0.497 e. The number of carbonyl (C=O) groups excluding carboxylic acids is 3. The van der Waals surface area contributed by atoms with Gasteiger partial charge in [-0.05, 0) is 54.7 Å². The van der Waals surface area contributed by atoms with Gasteiger partial charge in [0.1, 0.15) is 11.2 Å². The van der Waals surface area contributed by atoms with E-state index in [0.29, 0.717) is 30.7 Å². The van der Waals surface area contributed by atoms with Crippen molar-refractivity contribution in [3.8, 4) is 5.75 Å². The number of ether oxygens (including phenoxy) is 2. The van der Waals surface area contributed by atoms with Gasteiger partial charge in [-0.15, -0.1) is 0 Å². The molecule has 2 atom stereocenters. The average Bonchev–Trinajstić information content (AvgIpc) is 3.06. The van der Waals surface area contributed by atoms with Crippen molar-refractivity contribution in [3.63, 3.8) is 0 Å². The van der Waals surface area contributed by atoms with Crippen LogP contribution in [0.3, 0.4) is 0 Å². The summed E-state index contributed by atoms with van der Waals surface area (Å²) in [6.45, 7) is 0.0584. The quantitative estimate of drug-likeness (QED) is 0.473. The van der Waals surface area contributed by atoms with Crippen molar-refractivity contribution in [2.24, 2.45) is 11.3 Å². The van der Waals surface area contributed by atoms with E-state index in [0.717, 1.165) is 24.1 Å². The van der Waals surface area contributed by atoms with Gasteiger partial charge in [-0.2, -0.15) is 13.2 Å². The van der Waals surface area contributed by atoms with Crippen LogP contribution in [-0.2, 0) is 38.4 Å². The van der Waals surface area contributed by atoms with Gasteiger partial charge in [0.05, 0.1) is 32.2 Å². The number of amides is 2. The Bertz CT molecular complexity index is 1260. The largest absolute Gasteiger partial charge is 0.497 e. The Morgan fingerprint density at radius 2 is 1.82 bits per heavy atom. The Morgan fingerprint density at radius 3 is 2.49 bits per heavy atom. The van der Waals surface area contributed by atoms with Gasteiger partial charge in [-0.3, -0.25) is 14.4 Å². The molecule has 7 nitrogen and oxygen atoms in total. The molecule has 0 radical (unpaired) electrons. The van der Waals surface area contributed by atoms with Crippen LogP contribution in [-0.4, -0.2) is 36.9 Å². The first-order chi connectivity index (χ1) is 18.6. The van der Waals surface area contributed by atoms with E-state index in [1.165, 1.54) is 19.2 Å². The summed E-state index contributed by atoms with van der Waals surface area (Å²) in [6.07, 6.45) is -0.396. The minimum absolute atomic E-state index is 0.146. The lowest BCUT2D eigenvalue weighted by Crippen LogP contribution is -2.41. The number of hydrogen-bond acceptors (Lipinski definition) is 5. The molecule has 0 bridgehead atoms. The second kappa shape index (κ2) is 11.5. The van der Waals surface area contributed by atoms with Gasteiger partial charge < -0.3 is 19.7 Å². The third-order valence-electron chi connectivity index (χ3n) is 7.45. The fourth-order valence-electron chi connectivity index (χ4n) is 5.50. The summed E-state index contributed by atoms with van der Waals surface area (Å²) in [5, 5.41) is 2.63. The highest BCUT2D eigenvalue weighted by Crippen LogP contribution is 2.53. The van der Waals surface area contributed by atoms with Gasteiger partial charge in [0.2, 0.25) is 11.8 Å².